The number of hydrogen-bond acceptors (Lipinski definition) is 3. The van der Waals surface area contributed by atoms with Crippen molar-refractivity contribution in [2.75, 3.05) is 13.1 Å². The molecule has 4 N–H and O–H groups in total. The number of urea groups is 1. The Labute approximate surface area is 111 Å². The molecule has 0 aromatic carbocycles. The van der Waals surface area contributed by atoms with Crippen LogP contribution in [0.1, 0.15) is 32.1 Å². The zero-order valence-corrected chi connectivity index (χ0v) is 10.7. The number of carboxylic acid groups (broad SMARTS) is 1. The van der Waals surface area contributed by atoms with Crippen molar-refractivity contribution < 1.29 is 19.5 Å². The van der Waals surface area contributed by atoms with Crippen molar-refractivity contribution in [2.45, 2.75) is 38.1 Å². The fraction of sp³-hybridized carbons (Fsp3) is 0.750. The van der Waals surface area contributed by atoms with E-state index in [9.17, 15) is 14.4 Å². The first-order chi connectivity index (χ1) is 8.96. The molecule has 2 aliphatic rings. The third-order valence-corrected chi connectivity index (χ3v) is 4.18. The number of primary amides is 1. The van der Waals surface area contributed by atoms with Gasteiger partial charge in [0.2, 0.25) is 5.91 Å². The molecule has 1 aliphatic heterocycles. The molecule has 2 fully saturated rings. The molecule has 1 aliphatic carbocycles. The Morgan fingerprint density at radius 3 is 2.47 bits per heavy atom. The number of nitrogens with two attached hydrogens (primary N) is 1. The number of aliphatic carboxylic acids is 1. The summed E-state index contributed by atoms with van der Waals surface area (Å²) in [6, 6.07) is -0.962. The van der Waals surface area contributed by atoms with Crippen LogP contribution in [0, 0.1) is 5.41 Å². The average Bonchev–Trinajstić information content (AvgIpc) is 2.75. The maximum absolute atomic E-state index is 12.0. The molecular formula is C12H19N3O4. The van der Waals surface area contributed by atoms with E-state index in [2.05, 4.69) is 5.32 Å². The van der Waals surface area contributed by atoms with Gasteiger partial charge in [0.1, 0.15) is 6.04 Å². The largest absolute Gasteiger partial charge is 0.481 e. The normalized spacial score (nSPS) is 24.6. The molecule has 0 radical (unpaired) electrons. The van der Waals surface area contributed by atoms with Gasteiger partial charge in [0, 0.05) is 13.1 Å². The third kappa shape index (κ3) is 2.50. The second-order valence-electron chi connectivity index (χ2n) is 5.35. The van der Waals surface area contributed by atoms with Gasteiger partial charge in [0.15, 0.2) is 0 Å². The fourth-order valence-electron chi connectivity index (χ4n) is 2.72. The minimum atomic E-state index is -0.869. The Bertz CT molecular complexity index is 406. The summed E-state index contributed by atoms with van der Waals surface area (Å²) in [7, 11) is 0. The van der Waals surface area contributed by atoms with E-state index in [0.717, 1.165) is 12.8 Å². The molecule has 0 aromatic heterocycles. The summed E-state index contributed by atoms with van der Waals surface area (Å²) in [4.78, 5) is 35.8. The summed E-state index contributed by atoms with van der Waals surface area (Å²) >= 11 is 0. The molecule has 7 nitrogen and oxygen atoms in total. The lowest BCUT2D eigenvalue weighted by atomic mass is 9.69. The lowest BCUT2D eigenvalue weighted by molar-refractivity contribution is -0.153. The molecule has 2 rings (SSSR count). The van der Waals surface area contributed by atoms with Gasteiger partial charge in [0.25, 0.3) is 0 Å². The van der Waals surface area contributed by atoms with Crippen LogP contribution in [-0.2, 0) is 9.59 Å². The molecule has 1 atom stereocenters. The van der Waals surface area contributed by atoms with E-state index < -0.39 is 29.4 Å². The maximum Gasteiger partial charge on any atom is 0.318 e. The fourth-order valence-corrected chi connectivity index (χ4v) is 2.72. The molecular weight excluding hydrogens is 250 g/mol. The van der Waals surface area contributed by atoms with Crippen molar-refractivity contribution in [2.24, 2.45) is 11.1 Å². The Hall–Kier alpha value is -1.79. The minimum absolute atomic E-state index is 0.114. The van der Waals surface area contributed by atoms with Gasteiger partial charge in [-0.25, -0.2) is 4.79 Å². The van der Waals surface area contributed by atoms with Gasteiger partial charge in [-0.15, -0.1) is 0 Å². The SMILES string of the molecule is NC(=O)C1CCCN1C(=O)NCC1(C(=O)O)CCC1. The second-order valence-corrected chi connectivity index (χ2v) is 5.35. The Kier molecular flexibility index (Phi) is 3.64. The van der Waals surface area contributed by atoms with Crippen LogP contribution < -0.4 is 11.1 Å². The van der Waals surface area contributed by atoms with E-state index in [1.807, 2.05) is 0 Å². The Morgan fingerprint density at radius 2 is 2.00 bits per heavy atom. The summed E-state index contributed by atoms with van der Waals surface area (Å²) in [6.45, 7) is 0.600. The van der Waals surface area contributed by atoms with Gasteiger partial charge in [-0.2, -0.15) is 0 Å². The lowest BCUT2D eigenvalue weighted by Crippen LogP contribution is -2.53. The summed E-state index contributed by atoms with van der Waals surface area (Å²) in [5.41, 5.74) is 4.42. The first-order valence-corrected chi connectivity index (χ1v) is 6.53. The van der Waals surface area contributed by atoms with Crippen LogP contribution in [0.15, 0.2) is 0 Å². The number of carboxylic acids is 1. The van der Waals surface area contributed by atoms with Crippen LogP contribution in [-0.4, -0.2) is 47.0 Å². The van der Waals surface area contributed by atoms with E-state index in [-0.39, 0.29) is 6.54 Å². The van der Waals surface area contributed by atoms with Crippen molar-refractivity contribution in [3.05, 3.63) is 0 Å². The van der Waals surface area contributed by atoms with Crippen molar-refractivity contribution in [1.82, 2.24) is 10.2 Å². The average molecular weight is 269 g/mol. The predicted octanol–water partition coefficient (Wildman–Crippen LogP) is -0.0994. The number of nitrogens with zero attached hydrogens (tertiary/aromatic N) is 1. The number of carbonyl (C=O) groups is 3. The smallest absolute Gasteiger partial charge is 0.318 e. The molecule has 1 saturated heterocycles. The highest BCUT2D eigenvalue weighted by molar-refractivity contribution is 5.87. The van der Waals surface area contributed by atoms with Gasteiger partial charge in [-0.05, 0) is 25.7 Å². The summed E-state index contributed by atoms with van der Waals surface area (Å²) in [5, 5.41) is 11.8. The highest BCUT2D eigenvalue weighted by Gasteiger charge is 2.45. The van der Waals surface area contributed by atoms with Gasteiger partial charge in [-0.3, -0.25) is 9.59 Å². The molecule has 1 saturated carbocycles. The highest BCUT2D eigenvalue weighted by Crippen LogP contribution is 2.40. The molecule has 3 amide bonds. The monoisotopic (exact) mass is 269 g/mol. The van der Waals surface area contributed by atoms with Crippen LogP contribution in [0.25, 0.3) is 0 Å². The molecule has 1 heterocycles. The second kappa shape index (κ2) is 5.07. The first-order valence-electron chi connectivity index (χ1n) is 6.53. The van der Waals surface area contributed by atoms with E-state index in [1.54, 1.807) is 0 Å². The van der Waals surface area contributed by atoms with Crippen molar-refractivity contribution >= 4 is 17.9 Å². The summed E-state index contributed by atoms with van der Waals surface area (Å²) in [5.74, 6) is -1.38. The lowest BCUT2D eigenvalue weighted by Gasteiger charge is -2.38. The van der Waals surface area contributed by atoms with Gasteiger partial charge >= 0.3 is 12.0 Å². The quantitative estimate of drug-likeness (QED) is 0.661. The van der Waals surface area contributed by atoms with Gasteiger partial charge in [0.05, 0.1) is 5.41 Å². The van der Waals surface area contributed by atoms with Crippen LogP contribution in [0.3, 0.4) is 0 Å². The van der Waals surface area contributed by atoms with E-state index in [1.165, 1.54) is 4.90 Å². The van der Waals surface area contributed by atoms with Crippen LogP contribution in [0.2, 0.25) is 0 Å². The number of carbonyl (C=O) groups excluding carboxylic acids is 2. The van der Waals surface area contributed by atoms with Crippen molar-refractivity contribution in [3.8, 4) is 0 Å². The molecule has 0 aromatic rings. The molecule has 0 bridgehead atoms. The van der Waals surface area contributed by atoms with E-state index in [0.29, 0.717) is 25.8 Å². The number of amides is 3. The molecule has 0 spiro atoms. The van der Waals surface area contributed by atoms with Crippen LogP contribution in [0.5, 0.6) is 0 Å². The predicted molar refractivity (Wildman–Crippen MR) is 66.2 cm³/mol. The summed E-state index contributed by atoms with van der Waals surface area (Å²) < 4.78 is 0. The van der Waals surface area contributed by atoms with Gasteiger partial charge in [-0.1, -0.05) is 6.42 Å². The first kappa shape index (κ1) is 13.6. The van der Waals surface area contributed by atoms with Crippen LogP contribution >= 0.6 is 0 Å². The standard InChI is InChI=1S/C12H19N3O4/c13-9(16)8-3-1-6-15(8)11(19)14-7-12(10(17)18)4-2-5-12/h8H,1-7H2,(H2,13,16)(H,14,19)(H,17,18). The molecule has 7 heteroatoms. The molecule has 1 unspecified atom stereocenters. The third-order valence-electron chi connectivity index (χ3n) is 4.18. The van der Waals surface area contributed by atoms with Crippen molar-refractivity contribution in [1.29, 1.82) is 0 Å². The van der Waals surface area contributed by atoms with E-state index in [4.69, 9.17) is 10.8 Å². The zero-order chi connectivity index (χ0) is 14.0. The Balaban J connectivity index is 1.91. The number of rotatable bonds is 4. The number of nitrogens with one attached hydrogen (secondary N) is 1. The number of likely N-dealkylation sites (tertiary alicyclic amines) is 1. The topological polar surface area (TPSA) is 113 Å². The molecule has 19 heavy (non-hydrogen) atoms. The zero-order valence-electron chi connectivity index (χ0n) is 10.7. The summed E-state index contributed by atoms with van der Waals surface area (Å²) in [6.07, 6.45) is 3.36. The maximum atomic E-state index is 12.0. The number of hydrogen-bond donors (Lipinski definition) is 3. The van der Waals surface area contributed by atoms with Crippen LogP contribution in [0.4, 0.5) is 4.79 Å². The highest BCUT2D eigenvalue weighted by atomic mass is 16.4. The van der Waals surface area contributed by atoms with E-state index >= 15 is 0 Å². The van der Waals surface area contributed by atoms with Crippen molar-refractivity contribution in [3.63, 3.8) is 0 Å². The molecule has 106 valence electrons. The Morgan fingerprint density at radius 1 is 1.32 bits per heavy atom. The minimum Gasteiger partial charge on any atom is -0.481 e. The van der Waals surface area contributed by atoms with Gasteiger partial charge < -0.3 is 21.1 Å².